The zero-order valence-corrected chi connectivity index (χ0v) is 15.3. The van der Waals surface area contributed by atoms with E-state index in [4.69, 9.17) is 4.74 Å². The smallest absolute Gasteiger partial charge is 0.313 e. The van der Waals surface area contributed by atoms with Crippen molar-refractivity contribution in [1.82, 2.24) is 14.8 Å². The summed E-state index contributed by atoms with van der Waals surface area (Å²) in [6, 6.07) is 0. The standard InChI is InChI=1S/C18H27N3O2S/c1-3-8-21-12-15-11-20(13-16-19-7-10-24-16)9-5-6-18(15,14-21)17(22)23-4-2/h3,7,10,15H,1,4-6,8-9,11-14H2,2H3/t15-,18-/m0/s1. The summed E-state index contributed by atoms with van der Waals surface area (Å²) in [5, 5.41) is 3.18. The van der Waals surface area contributed by atoms with Gasteiger partial charge in [0.15, 0.2) is 0 Å². The highest BCUT2D eigenvalue weighted by Gasteiger charge is 2.53. The van der Waals surface area contributed by atoms with Gasteiger partial charge in [-0.15, -0.1) is 17.9 Å². The second-order valence-corrected chi connectivity index (χ2v) is 7.80. The van der Waals surface area contributed by atoms with E-state index in [2.05, 4.69) is 21.4 Å². The van der Waals surface area contributed by atoms with Gasteiger partial charge in [0.25, 0.3) is 0 Å². The van der Waals surface area contributed by atoms with E-state index in [1.807, 2.05) is 24.6 Å². The van der Waals surface area contributed by atoms with Crippen molar-refractivity contribution >= 4 is 17.3 Å². The maximum atomic E-state index is 12.8. The Hall–Kier alpha value is -1.24. The molecule has 6 heteroatoms. The van der Waals surface area contributed by atoms with Crippen molar-refractivity contribution in [2.24, 2.45) is 11.3 Å². The summed E-state index contributed by atoms with van der Waals surface area (Å²) in [4.78, 5) is 22.0. The van der Waals surface area contributed by atoms with Crippen LogP contribution in [-0.2, 0) is 16.1 Å². The van der Waals surface area contributed by atoms with Crippen LogP contribution in [-0.4, -0.2) is 60.1 Å². The monoisotopic (exact) mass is 349 g/mol. The molecule has 1 aromatic heterocycles. The highest BCUT2D eigenvalue weighted by molar-refractivity contribution is 7.09. The van der Waals surface area contributed by atoms with Crippen molar-refractivity contribution in [3.05, 3.63) is 29.2 Å². The van der Waals surface area contributed by atoms with Crippen molar-refractivity contribution in [3.63, 3.8) is 0 Å². The van der Waals surface area contributed by atoms with Gasteiger partial charge in [-0.05, 0) is 26.3 Å². The summed E-state index contributed by atoms with van der Waals surface area (Å²) in [5.41, 5.74) is -0.351. The molecule has 3 rings (SSSR count). The summed E-state index contributed by atoms with van der Waals surface area (Å²) >= 11 is 1.70. The Morgan fingerprint density at radius 1 is 1.54 bits per heavy atom. The van der Waals surface area contributed by atoms with Gasteiger partial charge in [0.1, 0.15) is 5.01 Å². The molecule has 0 N–H and O–H groups in total. The second-order valence-electron chi connectivity index (χ2n) is 6.82. The Balaban J connectivity index is 1.77. The van der Waals surface area contributed by atoms with Gasteiger partial charge in [-0.3, -0.25) is 14.6 Å². The van der Waals surface area contributed by atoms with E-state index in [0.29, 0.717) is 12.5 Å². The van der Waals surface area contributed by atoms with Crippen molar-refractivity contribution in [1.29, 1.82) is 0 Å². The van der Waals surface area contributed by atoms with Gasteiger partial charge in [0.2, 0.25) is 0 Å². The average Bonchev–Trinajstić information content (AvgIpc) is 3.13. The molecule has 3 heterocycles. The molecule has 24 heavy (non-hydrogen) atoms. The molecule has 0 aliphatic carbocycles. The third-order valence-corrected chi connectivity index (χ3v) is 6.02. The number of fused-ring (bicyclic) bond motifs is 1. The van der Waals surface area contributed by atoms with Gasteiger partial charge in [-0.2, -0.15) is 0 Å². The molecular formula is C18H27N3O2S. The lowest BCUT2D eigenvalue weighted by molar-refractivity contribution is -0.157. The van der Waals surface area contributed by atoms with Gasteiger partial charge in [-0.1, -0.05) is 6.08 Å². The normalized spacial score (nSPS) is 28.3. The molecule has 0 radical (unpaired) electrons. The number of hydrogen-bond acceptors (Lipinski definition) is 6. The Labute approximate surface area is 148 Å². The molecule has 2 aliphatic rings. The van der Waals surface area contributed by atoms with Crippen LogP contribution in [0.2, 0.25) is 0 Å². The van der Waals surface area contributed by atoms with Crippen molar-refractivity contribution in [2.45, 2.75) is 26.3 Å². The first kappa shape index (κ1) is 17.6. The number of carbonyl (C=O) groups excluding carboxylic acids is 1. The SMILES string of the molecule is C=CCN1C[C@@H]2CN(Cc3nccs3)CCC[C@]2(C(=O)OCC)C1. The average molecular weight is 350 g/mol. The molecule has 0 saturated carbocycles. The van der Waals surface area contributed by atoms with Crippen LogP contribution in [0.15, 0.2) is 24.2 Å². The highest BCUT2D eigenvalue weighted by Crippen LogP contribution is 2.43. The van der Waals surface area contributed by atoms with Crippen molar-refractivity contribution in [2.75, 3.05) is 39.3 Å². The first-order valence-corrected chi connectivity index (χ1v) is 9.67. The number of hydrogen-bond donors (Lipinski definition) is 0. The van der Waals surface area contributed by atoms with Gasteiger partial charge in [0, 0.05) is 43.7 Å². The summed E-state index contributed by atoms with van der Waals surface area (Å²) in [6.45, 7) is 11.6. The largest absolute Gasteiger partial charge is 0.466 e. The Morgan fingerprint density at radius 2 is 2.38 bits per heavy atom. The zero-order valence-electron chi connectivity index (χ0n) is 14.4. The van der Waals surface area contributed by atoms with E-state index in [1.54, 1.807) is 11.3 Å². The maximum absolute atomic E-state index is 12.8. The first-order chi connectivity index (χ1) is 11.7. The molecule has 2 aliphatic heterocycles. The van der Waals surface area contributed by atoms with Crippen molar-refractivity contribution in [3.8, 4) is 0 Å². The maximum Gasteiger partial charge on any atom is 0.313 e. The minimum atomic E-state index is -0.351. The Morgan fingerprint density at radius 3 is 3.08 bits per heavy atom. The summed E-state index contributed by atoms with van der Waals surface area (Å²) < 4.78 is 5.49. The molecule has 2 saturated heterocycles. The molecule has 0 spiro atoms. The van der Waals surface area contributed by atoms with Crippen LogP contribution in [0.25, 0.3) is 0 Å². The fraction of sp³-hybridized carbons (Fsp3) is 0.667. The van der Waals surface area contributed by atoms with E-state index in [-0.39, 0.29) is 11.4 Å². The van der Waals surface area contributed by atoms with Crippen LogP contribution >= 0.6 is 11.3 Å². The number of likely N-dealkylation sites (tertiary alicyclic amines) is 2. The molecule has 1 aromatic rings. The predicted molar refractivity (Wildman–Crippen MR) is 95.8 cm³/mol. The highest BCUT2D eigenvalue weighted by atomic mass is 32.1. The lowest BCUT2D eigenvalue weighted by Crippen LogP contribution is -2.42. The third kappa shape index (κ3) is 3.55. The summed E-state index contributed by atoms with van der Waals surface area (Å²) in [7, 11) is 0. The van der Waals surface area contributed by atoms with Crippen molar-refractivity contribution < 1.29 is 9.53 Å². The minimum Gasteiger partial charge on any atom is -0.466 e. The van der Waals surface area contributed by atoms with Gasteiger partial charge < -0.3 is 4.74 Å². The number of rotatable bonds is 6. The van der Waals surface area contributed by atoms with E-state index < -0.39 is 0 Å². The van der Waals surface area contributed by atoms with E-state index in [9.17, 15) is 4.79 Å². The van der Waals surface area contributed by atoms with E-state index >= 15 is 0 Å². The van der Waals surface area contributed by atoms with Crippen LogP contribution < -0.4 is 0 Å². The molecular weight excluding hydrogens is 322 g/mol. The van der Waals surface area contributed by atoms with Crippen LogP contribution in [0.1, 0.15) is 24.8 Å². The van der Waals surface area contributed by atoms with Gasteiger partial charge in [-0.25, -0.2) is 4.98 Å². The van der Waals surface area contributed by atoms with Gasteiger partial charge >= 0.3 is 5.97 Å². The fourth-order valence-corrected chi connectivity index (χ4v) is 4.87. The summed E-state index contributed by atoms with van der Waals surface area (Å²) in [5.74, 6) is 0.316. The second kappa shape index (κ2) is 7.76. The lowest BCUT2D eigenvalue weighted by atomic mass is 9.75. The van der Waals surface area contributed by atoms with Crippen LogP contribution in [0, 0.1) is 11.3 Å². The molecule has 0 unspecified atom stereocenters. The molecule has 132 valence electrons. The van der Waals surface area contributed by atoms with Gasteiger partial charge in [0.05, 0.1) is 18.6 Å². The number of carbonyl (C=O) groups is 1. The summed E-state index contributed by atoms with van der Waals surface area (Å²) in [6.07, 6.45) is 5.74. The number of thiazole rings is 1. The topological polar surface area (TPSA) is 45.7 Å². The lowest BCUT2D eigenvalue weighted by Gasteiger charge is -2.31. The first-order valence-electron chi connectivity index (χ1n) is 8.79. The number of ether oxygens (including phenoxy) is 1. The molecule has 5 nitrogen and oxygen atoms in total. The zero-order chi connectivity index (χ0) is 17.0. The Bertz CT molecular complexity index is 563. The molecule has 2 atom stereocenters. The molecule has 0 aromatic carbocycles. The molecule has 0 bridgehead atoms. The number of nitrogens with zero attached hydrogens (tertiary/aromatic N) is 3. The number of aromatic nitrogens is 1. The Kier molecular flexibility index (Phi) is 5.69. The van der Waals surface area contributed by atoms with Crippen LogP contribution in [0.4, 0.5) is 0 Å². The molecule has 0 amide bonds. The van der Waals surface area contributed by atoms with E-state index in [0.717, 1.165) is 57.1 Å². The fourth-order valence-electron chi connectivity index (χ4n) is 4.21. The van der Waals surface area contributed by atoms with Crippen LogP contribution in [0.5, 0.6) is 0 Å². The van der Waals surface area contributed by atoms with E-state index in [1.165, 1.54) is 0 Å². The third-order valence-electron chi connectivity index (χ3n) is 5.25. The number of esters is 1. The quantitative estimate of drug-likeness (QED) is 0.583. The minimum absolute atomic E-state index is 0.00217. The van der Waals surface area contributed by atoms with Crippen LogP contribution in [0.3, 0.4) is 0 Å². The molecule has 2 fully saturated rings. The predicted octanol–water partition coefficient (Wildman–Crippen LogP) is 2.41.